The third-order valence-corrected chi connectivity index (χ3v) is 8.09. The number of rotatable bonds is 11. The first kappa shape index (κ1) is 29.5. The van der Waals surface area contributed by atoms with Gasteiger partial charge in [-0.3, -0.25) is 19.3 Å². The highest BCUT2D eigenvalue weighted by molar-refractivity contribution is 7.17. The van der Waals surface area contributed by atoms with E-state index in [1.807, 2.05) is 67.6 Å². The van der Waals surface area contributed by atoms with Gasteiger partial charge >= 0.3 is 0 Å². The van der Waals surface area contributed by atoms with E-state index < -0.39 is 23.5 Å². The maximum atomic E-state index is 13.6. The maximum absolute atomic E-state index is 13.6. The second-order valence-corrected chi connectivity index (χ2v) is 10.8. The van der Waals surface area contributed by atoms with Crippen LogP contribution in [0.15, 0.2) is 96.3 Å². The number of ether oxygens (including phenoxy) is 2. The van der Waals surface area contributed by atoms with Crippen LogP contribution in [0.2, 0.25) is 0 Å². The van der Waals surface area contributed by atoms with Gasteiger partial charge in [-0.15, -0.1) is 0 Å². The number of thiazole rings is 1. The lowest BCUT2D eigenvalue weighted by Gasteiger charge is -2.25. The number of allylic oxidation sites excluding steroid dienone is 1. The summed E-state index contributed by atoms with van der Waals surface area (Å²) in [5.41, 5.74) is 2.63. The molecule has 43 heavy (non-hydrogen) atoms. The van der Waals surface area contributed by atoms with Crippen molar-refractivity contribution < 1.29 is 29.0 Å². The Morgan fingerprint density at radius 2 is 1.70 bits per heavy atom. The maximum Gasteiger partial charge on any atom is 0.296 e. The molecule has 0 saturated carbocycles. The molecule has 5 rings (SSSR count). The van der Waals surface area contributed by atoms with Crippen LogP contribution in [0.4, 0.5) is 5.13 Å². The van der Waals surface area contributed by atoms with Crippen molar-refractivity contribution in [3.8, 4) is 11.5 Å². The van der Waals surface area contributed by atoms with E-state index in [0.29, 0.717) is 40.8 Å². The first-order chi connectivity index (χ1) is 20.8. The van der Waals surface area contributed by atoms with Crippen LogP contribution in [0.3, 0.4) is 0 Å². The van der Waals surface area contributed by atoms with Gasteiger partial charge in [0.2, 0.25) is 0 Å². The number of amides is 1. The molecule has 0 fully saturated rings. The standard InChI is InChI=1S/C34H30N2O6S/c1-4-41-28-19-25(16-18-27(28)42-20-24-13-9-6-10-14-24)30-29(26(38)17-15-23-11-7-5-8-12-23)31(39)33(40)36(30)34-35-21(2)32(43-34)22(3)37/h5-19,30,39H,4,20H2,1-3H3. The number of aryl methyl sites for hydroxylation is 1. The Labute approximate surface area is 253 Å². The number of aromatic nitrogens is 1. The van der Waals surface area contributed by atoms with Crippen molar-refractivity contribution in [3.63, 3.8) is 0 Å². The van der Waals surface area contributed by atoms with Gasteiger partial charge in [-0.05, 0) is 48.7 Å². The average molecular weight is 595 g/mol. The molecule has 1 aliphatic heterocycles. The van der Waals surface area contributed by atoms with Gasteiger partial charge in [-0.2, -0.15) is 0 Å². The number of anilines is 1. The van der Waals surface area contributed by atoms with E-state index in [1.54, 1.807) is 31.2 Å². The molecule has 0 spiro atoms. The first-order valence-electron chi connectivity index (χ1n) is 13.7. The summed E-state index contributed by atoms with van der Waals surface area (Å²) in [6.07, 6.45) is 2.96. The van der Waals surface area contributed by atoms with Crippen LogP contribution < -0.4 is 14.4 Å². The summed E-state index contributed by atoms with van der Waals surface area (Å²) in [5.74, 6) is -1.28. The number of ketones is 2. The van der Waals surface area contributed by atoms with E-state index in [2.05, 4.69) is 4.98 Å². The second kappa shape index (κ2) is 12.9. The number of aliphatic hydroxyl groups excluding tert-OH is 1. The van der Waals surface area contributed by atoms with Crippen molar-refractivity contribution in [3.05, 3.63) is 124 Å². The van der Waals surface area contributed by atoms with E-state index in [1.165, 1.54) is 17.9 Å². The molecule has 1 amide bonds. The highest BCUT2D eigenvalue weighted by Gasteiger charge is 2.45. The lowest BCUT2D eigenvalue weighted by atomic mass is 9.95. The van der Waals surface area contributed by atoms with Crippen molar-refractivity contribution in [2.45, 2.75) is 33.4 Å². The van der Waals surface area contributed by atoms with E-state index in [9.17, 15) is 19.5 Å². The number of nitrogens with zero attached hydrogens (tertiary/aromatic N) is 2. The zero-order chi connectivity index (χ0) is 30.5. The van der Waals surface area contributed by atoms with Crippen molar-refractivity contribution in [2.24, 2.45) is 0 Å². The van der Waals surface area contributed by atoms with Crippen LogP contribution in [0.5, 0.6) is 11.5 Å². The van der Waals surface area contributed by atoms with Gasteiger partial charge in [0.1, 0.15) is 6.61 Å². The van der Waals surface area contributed by atoms with Gasteiger partial charge in [-0.1, -0.05) is 84.1 Å². The Morgan fingerprint density at radius 1 is 1.00 bits per heavy atom. The van der Waals surface area contributed by atoms with E-state index >= 15 is 0 Å². The lowest BCUT2D eigenvalue weighted by molar-refractivity contribution is -0.117. The quantitative estimate of drug-likeness (QED) is 0.150. The number of hydrogen-bond acceptors (Lipinski definition) is 8. The fraction of sp³-hybridized carbons (Fsp3) is 0.176. The minimum atomic E-state index is -1.03. The Morgan fingerprint density at radius 3 is 2.35 bits per heavy atom. The van der Waals surface area contributed by atoms with E-state index in [4.69, 9.17) is 9.47 Å². The molecule has 1 N–H and O–H groups in total. The molecule has 0 radical (unpaired) electrons. The summed E-state index contributed by atoms with van der Waals surface area (Å²) < 4.78 is 12.0. The number of aliphatic hydroxyl groups is 1. The van der Waals surface area contributed by atoms with Gasteiger partial charge in [0.25, 0.3) is 5.91 Å². The molecule has 1 aliphatic rings. The second-order valence-electron chi connectivity index (χ2n) is 9.83. The van der Waals surface area contributed by atoms with Crippen molar-refractivity contribution in [1.29, 1.82) is 0 Å². The van der Waals surface area contributed by atoms with Crippen LogP contribution in [0.1, 0.15) is 51.9 Å². The molecule has 0 aliphatic carbocycles. The van der Waals surface area contributed by atoms with Gasteiger partial charge in [-0.25, -0.2) is 4.98 Å². The molecule has 8 nitrogen and oxygen atoms in total. The monoisotopic (exact) mass is 594 g/mol. The molecular formula is C34H30N2O6S. The summed E-state index contributed by atoms with van der Waals surface area (Å²) in [6, 6.07) is 23.1. The zero-order valence-electron chi connectivity index (χ0n) is 23.9. The van der Waals surface area contributed by atoms with Crippen molar-refractivity contribution >= 4 is 40.0 Å². The molecule has 1 aromatic heterocycles. The van der Waals surface area contributed by atoms with Crippen LogP contribution in [-0.4, -0.2) is 34.2 Å². The fourth-order valence-corrected chi connectivity index (χ4v) is 5.81. The molecule has 1 unspecified atom stereocenters. The SMILES string of the molecule is CCOc1cc(C2C(C(=O)C=Cc3ccccc3)=C(O)C(=O)N2c2nc(C)c(C(C)=O)s2)ccc1OCc1ccccc1. The van der Waals surface area contributed by atoms with Gasteiger partial charge in [0.15, 0.2) is 34.0 Å². The Balaban J connectivity index is 1.57. The number of carbonyl (C=O) groups is 3. The third-order valence-electron chi connectivity index (χ3n) is 6.83. The van der Waals surface area contributed by atoms with Crippen LogP contribution in [0.25, 0.3) is 6.08 Å². The predicted octanol–water partition coefficient (Wildman–Crippen LogP) is 6.81. The summed E-state index contributed by atoms with van der Waals surface area (Å²) in [5, 5.41) is 11.3. The predicted molar refractivity (Wildman–Crippen MR) is 166 cm³/mol. The van der Waals surface area contributed by atoms with Crippen LogP contribution in [-0.2, 0) is 16.2 Å². The molecule has 9 heteroatoms. The molecule has 3 aromatic carbocycles. The van der Waals surface area contributed by atoms with E-state index in [-0.39, 0.29) is 16.5 Å². The summed E-state index contributed by atoms with van der Waals surface area (Å²) in [4.78, 5) is 45.6. The summed E-state index contributed by atoms with van der Waals surface area (Å²) in [7, 11) is 0. The smallest absolute Gasteiger partial charge is 0.296 e. The normalized spacial score (nSPS) is 14.9. The Kier molecular flexibility index (Phi) is 8.82. The minimum absolute atomic E-state index is 0.102. The molecule has 0 bridgehead atoms. The third kappa shape index (κ3) is 6.27. The summed E-state index contributed by atoms with van der Waals surface area (Å²) in [6.45, 7) is 5.61. The number of benzene rings is 3. The molecule has 4 aromatic rings. The molecule has 218 valence electrons. The van der Waals surface area contributed by atoms with Gasteiger partial charge in [0, 0.05) is 6.92 Å². The van der Waals surface area contributed by atoms with Crippen molar-refractivity contribution in [1.82, 2.24) is 4.98 Å². The largest absolute Gasteiger partial charge is 0.503 e. The fourth-order valence-electron chi connectivity index (χ4n) is 4.82. The van der Waals surface area contributed by atoms with Crippen LogP contribution >= 0.6 is 11.3 Å². The van der Waals surface area contributed by atoms with Crippen LogP contribution in [0, 0.1) is 6.92 Å². The Bertz CT molecular complexity index is 1730. The number of carbonyl (C=O) groups excluding carboxylic acids is 3. The minimum Gasteiger partial charge on any atom is -0.503 e. The molecule has 2 heterocycles. The lowest BCUT2D eigenvalue weighted by Crippen LogP contribution is -2.30. The summed E-state index contributed by atoms with van der Waals surface area (Å²) >= 11 is 1.04. The number of Topliss-reactive ketones (excluding diaryl/α,β-unsaturated/α-hetero) is 1. The topological polar surface area (TPSA) is 106 Å². The zero-order valence-corrected chi connectivity index (χ0v) is 24.8. The average Bonchev–Trinajstić information content (AvgIpc) is 3.52. The molecular weight excluding hydrogens is 564 g/mol. The van der Waals surface area contributed by atoms with Crippen molar-refractivity contribution in [2.75, 3.05) is 11.5 Å². The molecule has 1 atom stereocenters. The van der Waals surface area contributed by atoms with Gasteiger partial charge < -0.3 is 14.6 Å². The Hall–Kier alpha value is -5.02. The van der Waals surface area contributed by atoms with E-state index in [0.717, 1.165) is 22.5 Å². The first-order valence-corrected chi connectivity index (χ1v) is 14.6. The van der Waals surface area contributed by atoms with Gasteiger partial charge in [0.05, 0.1) is 28.8 Å². The molecule has 0 saturated heterocycles. The number of hydrogen-bond donors (Lipinski definition) is 1. The highest BCUT2D eigenvalue weighted by Crippen LogP contribution is 2.45. The highest BCUT2D eigenvalue weighted by atomic mass is 32.1.